The summed E-state index contributed by atoms with van der Waals surface area (Å²) in [5.41, 5.74) is 1.57. The molecule has 2 heterocycles. The molecule has 0 fully saturated rings. The predicted molar refractivity (Wildman–Crippen MR) is 130 cm³/mol. The fourth-order valence-corrected chi connectivity index (χ4v) is 4.37. The number of rotatable bonds is 10. The highest BCUT2D eigenvalue weighted by molar-refractivity contribution is 7.98. The van der Waals surface area contributed by atoms with Crippen molar-refractivity contribution in [2.75, 3.05) is 6.61 Å². The van der Waals surface area contributed by atoms with Gasteiger partial charge in [0.2, 0.25) is 11.8 Å². The second kappa shape index (κ2) is 11.0. The molecule has 2 aromatic carbocycles. The number of hydrogen-bond donors (Lipinski definition) is 0. The molecular formula is C24H25ClN4O3S. The van der Waals surface area contributed by atoms with E-state index in [1.165, 1.54) is 11.8 Å². The van der Waals surface area contributed by atoms with E-state index in [9.17, 15) is 4.79 Å². The highest BCUT2D eigenvalue weighted by atomic mass is 35.5. The maximum atomic E-state index is 13.2. The first-order chi connectivity index (χ1) is 16.0. The summed E-state index contributed by atoms with van der Waals surface area (Å²) in [5.74, 6) is 1.45. The minimum atomic E-state index is -0.0981. The molecule has 0 radical (unpaired) electrons. The molecule has 172 valence electrons. The largest absolute Gasteiger partial charge is 0.424 e. The first kappa shape index (κ1) is 23.5. The molecule has 4 aromatic rings. The van der Waals surface area contributed by atoms with Crippen LogP contribution in [0.4, 0.5) is 0 Å². The number of thioether (sulfide) groups is 1. The smallest absolute Gasteiger partial charge is 0.262 e. The number of fused-ring (bicyclic) bond motifs is 1. The average molecular weight is 485 g/mol. The number of hydrogen-bond acceptors (Lipinski definition) is 7. The topological polar surface area (TPSA) is 83.0 Å². The van der Waals surface area contributed by atoms with Crippen LogP contribution < -0.4 is 5.56 Å². The predicted octanol–water partition coefficient (Wildman–Crippen LogP) is 5.13. The number of halogens is 1. The number of benzene rings is 2. The summed E-state index contributed by atoms with van der Waals surface area (Å²) in [5, 5.41) is 9.97. The van der Waals surface area contributed by atoms with E-state index < -0.39 is 0 Å². The lowest BCUT2D eigenvalue weighted by atomic mass is 10.2. The van der Waals surface area contributed by atoms with Gasteiger partial charge < -0.3 is 9.15 Å². The molecule has 0 spiro atoms. The van der Waals surface area contributed by atoms with Gasteiger partial charge in [-0.15, -0.1) is 10.2 Å². The van der Waals surface area contributed by atoms with Crippen molar-refractivity contribution < 1.29 is 9.15 Å². The fourth-order valence-electron chi connectivity index (χ4n) is 3.34. The van der Waals surface area contributed by atoms with Crippen molar-refractivity contribution in [3.05, 3.63) is 81.3 Å². The van der Waals surface area contributed by atoms with Crippen molar-refractivity contribution in [2.45, 2.75) is 50.2 Å². The monoisotopic (exact) mass is 484 g/mol. The molecule has 0 amide bonds. The summed E-state index contributed by atoms with van der Waals surface area (Å²) >= 11 is 7.52. The molecule has 9 heteroatoms. The van der Waals surface area contributed by atoms with Gasteiger partial charge in [0.1, 0.15) is 0 Å². The lowest BCUT2D eigenvalue weighted by molar-refractivity contribution is 0.0743. The van der Waals surface area contributed by atoms with Crippen LogP contribution in [0.1, 0.15) is 37.6 Å². The molecule has 0 unspecified atom stereocenters. The summed E-state index contributed by atoms with van der Waals surface area (Å²) < 4.78 is 13.1. The van der Waals surface area contributed by atoms with E-state index >= 15 is 0 Å². The summed E-state index contributed by atoms with van der Waals surface area (Å²) in [7, 11) is 0. The van der Waals surface area contributed by atoms with Crippen molar-refractivity contribution in [2.24, 2.45) is 0 Å². The molecule has 0 N–H and O–H groups in total. The quantitative estimate of drug-likeness (QED) is 0.175. The lowest BCUT2D eigenvalue weighted by Gasteiger charge is -2.13. The Morgan fingerprint density at radius 2 is 1.91 bits per heavy atom. The van der Waals surface area contributed by atoms with E-state index in [0.29, 0.717) is 64.6 Å². The Morgan fingerprint density at radius 1 is 1.12 bits per heavy atom. The molecule has 7 nitrogen and oxygen atoms in total. The molecule has 33 heavy (non-hydrogen) atoms. The van der Waals surface area contributed by atoms with E-state index in [2.05, 4.69) is 10.2 Å². The third kappa shape index (κ3) is 6.22. The highest BCUT2D eigenvalue weighted by Crippen LogP contribution is 2.24. The van der Waals surface area contributed by atoms with E-state index in [1.54, 1.807) is 22.8 Å². The van der Waals surface area contributed by atoms with Crippen LogP contribution in [0.5, 0.6) is 0 Å². The van der Waals surface area contributed by atoms with Gasteiger partial charge in [0, 0.05) is 18.2 Å². The van der Waals surface area contributed by atoms with E-state index in [0.717, 1.165) is 5.56 Å². The van der Waals surface area contributed by atoms with E-state index in [4.69, 9.17) is 25.7 Å². The number of aromatic nitrogens is 4. The Morgan fingerprint density at radius 3 is 2.70 bits per heavy atom. The van der Waals surface area contributed by atoms with Gasteiger partial charge in [-0.05, 0) is 44.0 Å². The zero-order valence-corrected chi connectivity index (χ0v) is 20.1. The zero-order valence-electron chi connectivity index (χ0n) is 18.5. The first-order valence-corrected chi connectivity index (χ1v) is 12.2. The van der Waals surface area contributed by atoms with Crippen LogP contribution in [-0.4, -0.2) is 32.5 Å². The second-order valence-electron chi connectivity index (χ2n) is 7.83. The van der Waals surface area contributed by atoms with Crippen LogP contribution in [0.15, 0.2) is 62.9 Å². The molecule has 4 rings (SSSR count). The van der Waals surface area contributed by atoms with E-state index in [1.807, 2.05) is 44.2 Å². The van der Waals surface area contributed by atoms with Crippen molar-refractivity contribution >= 4 is 34.3 Å². The van der Waals surface area contributed by atoms with Crippen molar-refractivity contribution in [3.63, 3.8) is 0 Å². The van der Waals surface area contributed by atoms with Crippen LogP contribution >= 0.6 is 23.4 Å². The third-order valence-electron chi connectivity index (χ3n) is 4.89. The van der Waals surface area contributed by atoms with Gasteiger partial charge in [-0.25, -0.2) is 4.98 Å². The maximum absolute atomic E-state index is 13.2. The second-order valence-corrected chi connectivity index (χ2v) is 9.21. The van der Waals surface area contributed by atoms with Crippen LogP contribution in [0.3, 0.4) is 0 Å². The fraction of sp³-hybridized carbons (Fsp3) is 0.333. The van der Waals surface area contributed by atoms with Gasteiger partial charge in [-0.1, -0.05) is 53.7 Å². The molecule has 0 aliphatic carbocycles. The van der Waals surface area contributed by atoms with Crippen molar-refractivity contribution in [3.8, 4) is 0 Å². The molecule has 0 saturated heterocycles. The molecule has 0 bridgehead atoms. The Hall–Kier alpha value is -2.68. The van der Waals surface area contributed by atoms with Crippen LogP contribution in [0.25, 0.3) is 10.9 Å². The normalized spacial score (nSPS) is 11.5. The molecule has 2 aromatic heterocycles. The van der Waals surface area contributed by atoms with Crippen LogP contribution in [-0.2, 0) is 23.5 Å². The standard InChI is InChI=1S/C24H25ClN4O3S/c1-16(2)31-12-6-11-29-23(30)19-10-9-18(25)14-20(19)26-24(29)33-15-22-28-27-21(32-22)13-17-7-4-3-5-8-17/h3-5,7-10,14,16H,6,11-13,15H2,1-2H3. The van der Waals surface area contributed by atoms with Gasteiger partial charge in [0.25, 0.3) is 5.56 Å². The first-order valence-electron chi connectivity index (χ1n) is 10.8. The summed E-state index contributed by atoms with van der Waals surface area (Å²) in [6.45, 7) is 5.05. The maximum Gasteiger partial charge on any atom is 0.262 e. The minimum absolute atomic E-state index is 0.0981. The zero-order chi connectivity index (χ0) is 23.2. The molecule has 0 saturated carbocycles. The van der Waals surface area contributed by atoms with Gasteiger partial charge in [0.15, 0.2) is 5.16 Å². The molecule has 0 aliphatic rings. The highest BCUT2D eigenvalue weighted by Gasteiger charge is 2.15. The van der Waals surface area contributed by atoms with Crippen molar-refractivity contribution in [1.82, 2.24) is 19.7 Å². The van der Waals surface area contributed by atoms with Gasteiger partial charge in [-0.3, -0.25) is 9.36 Å². The lowest BCUT2D eigenvalue weighted by Crippen LogP contribution is -2.24. The van der Waals surface area contributed by atoms with Crippen LogP contribution in [0.2, 0.25) is 5.02 Å². The van der Waals surface area contributed by atoms with Crippen LogP contribution in [0, 0.1) is 0 Å². The van der Waals surface area contributed by atoms with Gasteiger partial charge >= 0.3 is 0 Å². The average Bonchev–Trinajstić information content (AvgIpc) is 3.24. The minimum Gasteiger partial charge on any atom is -0.424 e. The summed E-state index contributed by atoms with van der Waals surface area (Å²) in [6.07, 6.45) is 1.43. The number of ether oxygens (including phenoxy) is 1. The Balaban J connectivity index is 1.53. The SMILES string of the molecule is CC(C)OCCCn1c(SCc2nnc(Cc3ccccc3)o2)nc2cc(Cl)ccc2c1=O. The van der Waals surface area contributed by atoms with Crippen molar-refractivity contribution in [1.29, 1.82) is 0 Å². The van der Waals surface area contributed by atoms with Gasteiger partial charge in [-0.2, -0.15) is 0 Å². The summed E-state index contributed by atoms with van der Waals surface area (Å²) in [4.78, 5) is 17.9. The Kier molecular flexibility index (Phi) is 7.80. The molecule has 0 atom stereocenters. The number of nitrogens with zero attached hydrogens (tertiary/aromatic N) is 4. The molecular weight excluding hydrogens is 460 g/mol. The molecule has 0 aliphatic heterocycles. The van der Waals surface area contributed by atoms with Gasteiger partial charge in [0.05, 0.1) is 29.2 Å². The van der Waals surface area contributed by atoms with E-state index in [-0.39, 0.29) is 11.7 Å². The Labute approximate surface area is 201 Å². The third-order valence-corrected chi connectivity index (χ3v) is 6.09. The summed E-state index contributed by atoms with van der Waals surface area (Å²) in [6, 6.07) is 15.1. The Bertz CT molecular complexity index is 1270.